The zero-order valence-electron chi connectivity index (χ0n) is 36.6. The molecule has 0 saturated heterocycles. The molecule has 7 rings (SSSR count). The van der Waals surface area contributed by atoms with E-state index in [1.54, 1.807) is 0 Å². The van der Waals surface area contributed by atoms with Crippen molar-refractivity contribution in [2.45, 2.75) is 94.1 Å². The number of benzene rings is 3. The lowest BCUT2D eigenvalue weighted by Crippen LogP contribution is -2.57. The molecule has 4 atom stereocenters. The Hall–Kier alpha value is -4.98. The SMILES string of the molecule is C[C@@H]1Cc2c([nH]c3ccccc23)[C@@H](c2c(F)cc(NCCN(CCCF)C(=O)OCc3ccccc3)cc2F)N1CC(F)(F)CO[Si](C1C=CC=CC1)(C1C=CC=CC1)C(C)(C)C. The molecule has 0 fully saturated rings. The summed E-state index contributed by atoms with van der Waals surface area (Å²) in [5.74, 6) is -5.21. The number of ether oxygens (including phenoxy) is 1. The van der Waals surface area contributed by atoms with Gasteiger partial charge in [-0.2, -0.15) is 0 Å². The number of para-hydroxylation sites is 1. The summed E-state index contributed by atoms with van der Waals surface area (Å²) in [6.45, 7) is 6.15. The van der Waals surface area contributed by atoms with Crippen molar-refractivity contribution in [1.82, 2.24) is 14.8 Å². The molecule has 2 N–H and O–H groups in total. The summed E-state index contributed by atoms with van der Waals surface area (Å²) < 4.78 is 92.8. The third-order valence-corrected chi connectivity index (χ3v) is 18.8. The molecule has 1 amide bonds. The van der Waals surface area contributed by atoms with E-state index in [1.807, 2.05) is 85.8 Å². The molecule has 4 aromatic rings. The topological polar surface area (TPSA) is 69.8 Å². The van der Waals surface area contributed by atoms with Crippen molar-refractivity contribution < 1.29 is 35.9 Å². The second-order valence-corrected chi connectivity index (χ2v) is 22.9. The Labute approximate surface area is 368 Å². The van der Waals surface area contributed by atoms with E-state index in [4.69, 9.17) is 9.16 Å². The van der Waals surface area contributed by atoms with E-state index in [2.05, 4.69) is 55.4 Å². The molecular formula is C50H59F5N4O3Si. The van der Waals surface area contributed by atoms with Crippen LogP contribution < -0.4 is 5.32 Å². The van der Waals surface area contributed by atoms with Crippen LogP contribution in [0.25, 0.3) is 10.9 Å². The van der Waals surface area contributed by atoms with Crippen LogP contribution in [-0.4, -0.2) is 80.6 Å². The van der Waals surface area contributed by atoms with E-state index in [1.165, 1.54) is 9.80 Å². The highest BCUT2D eigenvalue weighted by Gasteiger charge is 2.57. The quantitative estimate of drug-likeness (QED) is 0.0816. The van der Waals surface area contributed by atoms with Crippen LogP contribution in [0.3, 0.4) is 0 Å². The zero-order chi connectivity index (χ0) is 44.8. The fraction of sp³-hybridized carbons (Fsp3) is 0.420. The van der Waals surface area contributed by atoms with Crippen molar-refractivity contribution in [2.24, 2.45) is 0 Å². The zero-order valence-corrected chi connectivity index (χ0v) is 37.6. The number of fused-ring (bicyclic) bond motifs is 3. The molecule has 0 spiro atoms. The summed E-state index contributed by atoms with van der Waals surface area (Å²) in [6.07, 6.45) is 17.6. The van der Waals surface area contributed by atoms with Gasteiger partial charge in [0, 0.05) is 64.6 Å². The molecule has 2 heterocycles. The molecule has 1 aromatic heterocycles. The Morgan fingerprint density at radius 2 is 1.57 bits per heavy atom. The number of aromatic nitrogens is 1. The number of anilines is 1. The minimum Gasteiger partial charge on any atom is -0.445 e. The van der Waals surface area contributed by atoms with Crippen LogP contribution in [0.5, 0.6) is 0 Å². The predicted octanol–water partition coefficient (Wildman–Crippen LogP) is 12.4. The molecule has 0 radical (unpaired) electrons. The van der Waals surface area contributed by atoms with Crippen LogP contribution in [-0.2, 0) is 22.2 Å². The molecule has 336 valence electrons. The number of carbonyl (C=O) groups excluding carboxylic acids is 1. The predicted molar refractivity (Wildman–Crippen MR) is 243 cm³/mol. The monoisotopic (exact) mass is 886 g/mol. The fourth-order valence-corrected chi connectivity index (χ4v) is 15.7. The van der Waals surface area contributed by atoms with Crippen LogP contribution in [0, 0.1) is 11.6 Å². The number of aromatic amines is 1. The lowest BCUT2D eigenvalue weighted by Gasteiger charge is -2.51. The maximum atomic E-state index is 17.0. The minimum atomic E-state index is -3.40. The standard InChI is InChI=1S/C50H59F5N4O3Si/c1-35-29-41-40-23-14-15-24-44(40)57-46(41)47(59(35)33-50(54,55)34-62-63(49(2,3)4,38-19-10-6-11-20-38)39-21-12-7-13-22-39)45-42(52)30-37(31-43(45)53)56-26-28-58(27-16-25-51)48(60)61-32-36-17-8-5-9-18-36/h5-15,17-19,21,23-24,30-31,35,38-39,47,56-57H,16,20,22,25-29,32-34H2,1-4H3/t35-,38?,39?,47-,63?/m1/s1. The highest BCUT2D eigenvalue weighted by molar-refractivity contribution is 6.80. The Kier molecular flexibility index (Phi) is 14.5. The maximum Gasteiger partial charge on any atom is 0.410 e. The molecule has 63 heavy (non-hydrogen) atoms. The van der Waals surface area contributed by atoms with Crippen LogP contribution in [0.2, 0.25) is 16.1 Å². The normalized spacial score (nSPS) is 21.0. The molecule has 3 aliphatic rings. The molecule has 2 aliphatic carbocycles. The van der Waals surface area contributed by atoms with E-state index < -0.39 is 68.9 Å². The molecule has 0 bridgehead atoms. The highest BCUT2D eigenvalue weighted by atomic mass is 28.4. The number of carbonyl (C=O) groups is 1. The lowest BCUT2D eigenvalue weighted by atomic mass is 9.87. The van der Waals surface area contributed by atoms with Gasteiger partial charge in [0.15, 0.2) is 0 Å². The number of hydrogen-bond donors (Lipinski definition) is 2. The van der Waals surface area contributed by atoms with Gasteiger partial charge in [-0.05, 0) is 67.0 Å². The van der Waals surface area contributed by atoms with Crippen molar-refractivity contribution in [3.63, 3.8) is 0 Å². The summed E-state index contributed by atoms with van der Waals surface area (Å²) in [6, 6.07) is 17.3. The summed E-state index contributed by atoms with van der Waals surface area (Å²) in [5.41, 5.74) is 2.54. The van der Waals surface area contributed by atoms with Crippen molar-refractivity contribution in [1.29, 1.82) is 0 Å². The van der Waals surface area contributed by atoms with Gasteiger partial charge in [0.05, 0.1) is 25.9 Å². The number of hydrogen-bond acceptors (Lipinski definition) is 5. The third-order valence-electron chi connectivity index (χ3n) is 12.8. The van der Waals surface area contributed by atoms with E-state index in [9.17, 15) is 9.18 Å². The smallest absolute Gasteiger partial charge is 0.410 e. The van der Waals surface area contributed by atoms with Gasteiger partial charge >= 0.3 is 6.09 Å². The lowest BCUT2D eigenvalue weighted by molar-refractivity contribution is -0.0844. The van der Waals surface area contributed by atoms with Crippen LogP contribution in [0.15, 0.2) is 115 Å². The average molecular weight is 887 g/mol. The first kappa shape index (κ1) is 46.0. The van der Waals surface area contributed by atoms with Gasteiger partial charge in [0.2, 0.25) is 8.32 Å². The van der Waals surface area contributed by atoms with E-state index in [0.29, 0.717) is 25.0 Å². The van der Waals surface area contributed by atoms with Crippen LogP contribution in [0.4, 0.5) is 32.4 Å². The van der Waals surface area contributed by atoms with Crippen molar-refractivity contribution >= 4 is 31.0 Å². The van der Waals surface area contributed by atoms with Crippen LogP contribution >= 0.6 is 0 Å². The molecule has 2 unspecified atom stereocenters. The van der Waals surface area contributed by atoms with Crippen molar-refractivity contribution in [2.75, 3.05) is 44.8 Å². The molecular weight excluding hydrogens is 828 g/mol. The van der Waals surface area contributed by atoms with E-state index in [0.717, 1.165) is 34.2 Å². The summed E-state index contributed by atoms with van der Waals surface area (Å²) in [7, 11) is -3.08. The fourth-order valence-electron chi connectivity index (χ4n) is 9.86. The number of nitrogens with zero attached hydrogens (tertiary/aromatic N) is 2. The van der Waals surface area contributed by atoms with Gasteiger partial charge in [-0.25, -0.2) is 22.4 Å². The summed E-state index contributed by atoms with van der Waals surface area (Å²) >= 11 is 0. The number of nitrogens with one attached hydrogen (secondary N) is 2. The van der Waals surface area contributed by atoms with Gasteiger partial charge in [-0.1, -0.05) is 118 Å². The first-order valence-electron chi connectivity index (χ1n) is 22.0. The molecule has 0 saturated carbocycles. The maximum absolute atomic E-state index is 17.0. The highest BCUT2D eigenvalue weighted by Crippen LogP contribution is 2.56. The molecule has 3 aromatic carbocycles. The number of rotatable bonds is 17. The van der Waals surface area contributed by atoms with Crippen molar-refractivity contribution in [3.8, 4) is 0 Å². The number of allylic oxidation sites excluding steroid dienone is 8. The third kappa shape index (κ3) is 10.2. The first-order chi connectivity index (χ1) is 30.2. The van der Waals surface area contributed by atoms with Crippen molar-refractivity contribution in [3.05, 3.63) is 149 Å². The molecule has 7 nitrogen and oxygen atoms in total. The van der Waals surface area contributed by atoms with Gasteiger partial charge in [0.1, 0.15) is 18.2 Å². The Morgan fingerprint density at radius 1 is 0.921 bits per heavy atom. The van der Waals surface area contributed by atoms with Gasteiger partial charge < -0.3 is 24.4 Å². The van der Waals surface area contributed by atoms with E-state index >= 15 is 17.6 Å². The Bertz CT molecular complexity index is 2270. The van der Waals surface area contributed by atoms with Crippen LogP contribution in [0.1, 0.15) is 75.4 Å². The number of halogens is 5. The number of amides is 1. The summed E-state index contributed by atoms with van der Waals surface area (Å²) in [4.78, 5) is 19.2. The van der Waals surface area contributed by atoms with Gasteiger partial charge in [0.25, 0.3) is 5.92 Å². The summed E-state index contributed by atoms with van der Waals surface area (Å²) in [5, 5.41) is 3.46. The van der Waals surface area contributed by atoms with Gasteiger partial charge in [-0.15, -0.1) is 0 Å². The first-order valence-corrected chi connectivity index (χ1v) is 24.1. The molecule has 1 aliphatic heterocycles. The number of alkyl halides is 3. The Morgan fingerprint density at radius 3 is 2.19 bits per heavy atom. The average Bonchev–Trinajstić information content (AvgIpc) is 3.63. The second kappa shape index (κ2) is 19.8. The Balaban J connectivity index is 1.15. The van der Waals surface area contributed by atoms with Gasteiger partial charge in [-0.3, -0.25) is 9.29 Å². The molecule has 13 heteroatoms. The largest absolute Gasteiger partial charge is 0.445 e. The second-order valence-electron chi connectivity index (χ2n) is 18.0. The minimum absolute atomic E-state index is 0.0306. The van der Waals surface area contributed by atoms with E-state index in [-0.39, 0.29) is 55.0 Å². The number of H-pyrrole nitrogens is 1.